The minimum atomic E-state index is -4.51. The minimum Gasteiger partial charge on any atom is -0.353 e. The van der Waals surface area contributed by atoms with Crippen molar-refractivity contribution in [3.05, 3.63) is 53.6 Å². The quantitative estimate of drug-likeness (QED) is 0.506. The van der Waals surface area contributed by atoms with Crippen LogP contribution < -0.4 is 10.6 Å². The molecule has 4 N–H and O–H groups in total. The Balaban J connectivity index is 2.08. The normalized spacial score (nSPS) is 13.2. The number of carbonyl (C=O) groups is 2. The Morgan fingerprint density at radius 2 is 1.57 bits per heavy atom. The topological polar surface area (TPSA) is 116 Å². The lowest BCUT2D eigenvalue weighted by Gasteiger charge is -2.11. The number of rotatable bonds is 3. The SMILES string of the molecule is O=C(CP(=O)(O)O)c1cccc2c1C(=O)Nc1ccccc1N2. The summed E-state index contributed by atoms with van der Waals surface area (Å²) in [5.41, 5.74) is 1.68. The molecule has 0 aromatic heterocycles. The van der Waals surface area contributed by atoms with Crippen LogP contribution in [0.15, 0.2) is 42.5 Å². The summed E-state index contributed by atoms with van der Waals surface area (Å²) >= 11 is 0. The Bertz CT molecular complexity index is 859. The van der Waals surface area contributed by atoms with E-state index in [0.717, 1.165) is 0 Å². The van der Waals surface area contributed by atoms with Gasteiger partial charge < -0.3 is 20.4 Å². The number of fused-ring (bicyclic) bond motifs is 2. The highest BCUT2D eigenvalue weighted by molar-refractivity contribution is 7.52. The van der Waals surface area contributed by atoms with Gasteiger partial charge in [-0.15, -0.1) is 0 Å². The lowest BCUT2D eigenvalue weighted by Crippen LogP contribution is -2.17. The van der Waals surface area contributed by atoms with Crippen molar-refractivity contribution in [1.29, 1.82) is 0 Å². The number of amides is 1. The van der Waals surface area contributed by atoms with Crippen LogP contribution in [0.1, 0.15) is 20.7 Å². The molecule has 7 nitrogen and oxygen atoms in total. The summed E-state index contributed by atoms with van der Waals surface area (Å²) < 4.78 is 11.1. The molecule has 0 atom stereocenters. The van der Waals surface area contributed by atoms with Gasteiger partial charge in [0.05, 0.1) is 22.6 Å². The summed E-state index contributed by atoms with van der Waals surface area (Å²) in [7, 11) is -4.51. The molecule has 0 radical (unpaired) electrons. The molecule has 0 spiro atoms. The van der Waals surface area contributed by atoms with Crippen LogP contribution in [0.5, 0.6) is 0 Å². The van der Waals surface area contributed by atoms with E-state index in [1.54, 1.807) is 36.4 Å². The van der Waals surface area contributed by atoms with E-state index in [0.29, 0.717) is 17.1 Å². The highest BCUT2D eigenvalue weighted by Gasteiger charge is 2.28. The number of ketones is 1. The van der Waals surface area contributed by atoms with Gasteiger partial charge >= 0.3 is 7.60 Å². The molecule has 0 saturated carbocycles. The van der Waals surface area contributed by atoms with E-state index >= 15 is 0 Å². The van der Waals surface area contributed by atoms with Crippen molar-refractivity contribution in [2.24, 2.45) is 0 Å². The largest absolute Gasteiger partial charge is 0.353 e. The molecular formula is C15H13N2O5P. The summed E-state index contributed by atoms with van der Waals surface area (Å²) in [4.78, 5) is 42.6. The van der Waals surface area contributed by atoms with Gasteiger partial charge in [0.1, 0.15) is 6.16 Å². The van der Waals surface area contributed by atoms with Crippen molar-refractivity contribution in [2.45, 2.75) is 0 Å². The molecule has 0 unspecified atom stereocenters. The maximum absolute atomic E-state index is 12.5. The summed E-state index contributed by atoms with van der Waals surface area (Å²) in [6.07, 6.45) is -0.941. The average Bonchev–Trinajstić information content (AvgIpc) is 2.61. The third-order valence-electron chi connectivity index (χ3n) is 3.39. The number of para-hydroxylation sites is 2. The highest BCUT2D eigenvalue weighted by atomic mass is 31.2. The van der Waals surface area contributed by atoms with Crippen molar-refractivity contribution in [3.8, 4) is 0 Å². The maximum Gasteiger partial charge on any atom is 0.333 e. The van der Waals surface area contributed by atoms with Crippen LogP contribution in [0.2, 0.25) is 0 Å². The molecule has 8 heteroatoms. The van der Waals surface area contributed by atoms with E-state index in [1.807, 2.05) is 0 Å². The molecule has 2 aromatic rings. The van der Waals surface area contributed by atoms with E-state index in [9.17, 15) is 14.2 Å². The van der Waals surface area contributed by atoms with Crippen molar-refractivity contribution in [2.75, 3.05) is 16.8 Å². The average molecular weight is 332 g/mol. The number of anilines is 3. The maximum atomic E-state index is 12.5. The molecule has 3 rings (SSSR count). The van der Waals surface area contributed by atoms with Gasteiger partial charge in [-0.25, -0.2) is 0 Å². The number of carbonyl (C=O) groups excluding carboxylic acids is 2. The van der Waals surface area contributed by atoms with Crippen molar-refractivity contribution in [3.63, 3.8) is 0 Å². The van der Waals surface area contributed by atoms with E-state index < -0.39 is 25.4 Å². The van der Waals surface area contributed by atoms with E-state index in [4.69, 9.17) is 9.79 Å². The number of benzene rings is 2. The second kappa shape index (κ2) is 5.62. The first-order valence-corrected chi connectivity index (χ1v) is 8.53. The molecule has 1 heterocycles. The Morgan fingerprint density at radius 3 is 2.22 bits per heavy atom. The van der Waals surface area contributed by atoms with E-state index in [1.165, 1.54) is 6.07 Å². The van der Waals surface area contributed by atoms with Gasteiger partial charge in [0.2, 0.25) is 0 Å². The van der Waals surface area contributed by atoms with E-state index in [2.05, 4.69) is 10.6 Å². The lowest BCUT2D eigenvalue weighted by atomic mass is 10.0. The monoisotopic (exact) mass is 332 g/mol. The molecule has 118 valence electrons. The predicted molar refractivity (Wildman–Crippen MR) is 85.4 cm³/mol. The fourth-order valence-electron chi connectivity index (χ4n) is 2.44. The fourth-order valence-corrected chi connectivity index (χ4v) is 2.98. The van der Waals surface area contributed by atoms with Crippen molar-refractivity contribution >= 4 is 36.3 Å². The van der Waals surface area contributed by atoms with Gasteiger partial charge in [0, 0.05) is 5.56 Å². The zero-order valence-corrected chi connectivity index (χ0v) is 12.7. The van der Waals surface area contributed by atoms with Crippen molar-refractivity contribution < 1.29 is 23.9 Å². The third kappa shape index (κ3) is 3.17. The fraction of sp³-hybridized carbons (Fsp3) is 0.0667. The number of Topliss-reactive ketones (excluding diaryl/α,β-unsaturated/α-hetero) is 1. The lowest BCUT2D eigenvalue weighted by molar-refractivity contribution is 0.0984. The molecule has 2 aromatic carbocycles. The Morgan fingerprint density at radius 1 is 0.957 bits per heavy atom. The third-order valence-corrected chi connectivity index (χ3v) is 4.09. The first-order valence-electron chi connectivity index (χ1n) is 6.73. The van der Waals surface area contributed by atoms with Crippen LogP contribution in [0.3, 0.4) is 0 Å². The second-order valence-electron chi connectivity index (χ2n) is 5.10. The molecule has 1 amide bonds. The smallest absolute Gasteiger partial charge is 0.333 e. The van der Waals surface area contributed by atoms with E-state index in [-0.39, 0.29) is 11.1 Å². The van der Waals surface area contributed by atoms with Crippen LogP contribution >= 0.6 is 7.60 Å². The first kappa shape index (κ1) is 15.4. The van der Waals surface area contributed by atoms with Gasteiger partial charge in [0.25, 0.3) is 5.91 Å². The van der Waals surface area contributed by atoms with Gasteiger partial charge in [-0.2, -0.15) is 0 Å². The summed E-state index contributed by atoms with van der Waals surface area (Å²) in [5.74, 6) is -1.29. The Hall–Kier alpha value is -2.47. The molecule has 23 heavy (non-hydrogen) atoms. The molecule has 0 aliphatic carbocycles. The van der Waals surface area contributed by atoms with Crippen LogP contribution in [-0.4, -0.2) is 27.6 Å². The molecular weight excluding hydrogens is 319 g/mol. The summed E-state index contributed by atoms with van der Waals surface area (Å²) in [6, 6.07) is 11.6. The zero-order valence-electron chi connectivity index (χ0n) is 11.8. The second-order valence-corrected chi connectivity index (χ2v) is 6.74. The molecule has 0 bridgehead atoms. The Labute approximate surface area is 131 Å². The highest BCUT2D eigenvalue weighted by Crippen LogP contribution is 2.37. The van der Waals surface area contributed by atoms with Gasteiger partial charge in [-0.05, 0) is 18.2 Å². The molecule has 0 saturated heterocycles. The van der Waals surface area contributed by atoms with Gasteiger partial charge in [-0.3, -0.25) is 14.2 Å². The standard InChI is InChI=1S/C15H13N2O5P/c18-13(8-23(20,21)22)9-4-3-7-12-14(9)15(19)17-11-6-2-1-5-10(11)16-12/h1-7,16H,8H2,(H,17,19)(H2,20,21,22). The van der Waals surface area contributed by atoms with Gasteiger partial charge in [-0.1, -0.05) is 24.3 Å². The first-order chi connectivity index (χ1) is 10.8. The number of hydrogen-bond acceptors (Lipinski definition) is 4. The minimum absolute atomic E-state index is 0.0244. The molecule has 1 aliphatic heterocycles. The predicted octanol–water partition coefficient (Wildman–Crippen LogP) is 2.36. The molecule has 1 aliphatic rings. The zero-order chi connectivity index (χ0) is 16.6. The molecule has 0 fully saturated rings. The van der Waals surface area contributed by atoms with Gasteiger partial charge in [0.15, 0.2) is 5.78 Å². The van der Waals surface area contributed by atoms with Crippen LogP contribution in [0.25, 0.3) is 0 Å². The van der Waals surface area contributed by atoms with Crippen LogP contribution in [-0.2, 0) is 4.57 Å². The Kier molecular flexibility index (Phi) is 3.77. The summed E-state index contributed by atoms with van der Waals surface area (Å²) in [6.45, 7) is 0. The number of nitrogens with one attached hydrogen (secondary N) is 2. The van der Waals surface area contributed by atoms with Crippen molar-refractivity contribution in [1.82, 2.24) is 0 Å². The number of hydrogen-bond donors (Lipinski definition) is 4. The van der Waals surface area contributed by atoms with Crippen LogP contribution in [0, 0.1) is 0 Å². The summed E-state index contributed by atoms with van der Waals surface area (Å²) in [5, 5.41) is 5.75. The van der Waals surface area contributed by atoms with Crippen LogP contribution in [0.4, 0.5) is 17.1 Å².